The molecule has 9 heavy (non-hydrogen) atoms. The van der Waals surface area contributed by atoms with Gasteiger partial charge in [0.15, 0.2) is 0 Å². The highest BCUT2D eigenvalue weighted by Crippen LogP contribution is 1.92. The van der Waals surface area contributed by atoms with Crippen molar-refractivity contribution in [3.8, 4) is 0 Å². The van der Waals surface area contributed by atoms with Crippen LogP contribution in [0.25, 0.3) is 0 Å². The minimum atomic E-state index is 0.634. The maximum Gasteiger partial charge on any atom is 0.124 e. The van der Waals surface area contributed by atoms with Gasteiger partial charge in [-0.3, -0.25) is 0 Å². The van der Waals surface area contributed by atoms with Crippen molar-refractivity contribution in [3.05, 3.63) is 17.9 Å². The van der Waals surface area contributed by atoms with Crippen molar-refractivity contribution in [1.29, 1.82) is 0 Å². The molecule has 0 aromatic heterocycles. The van der Waals surface area contributed by atoms with Gasteiger partial charge in [0.1, 0.15) is 5.94 Å². The Morgan fingerprint density at radius 1 is 1.78 bits per heavy atom. The Bertz CT molecular complexity index is 141. The summed E-state index contributed by atoms with van der Waals surface area (Å²) in [6.45, 7) is 4.31. The van der Waals surface area contributed by atoms with Gasteiger partial charge in [0, 0.05) is 6.08 Å². The van der Waals surface area contributed by atoms with Crippen LogP contribution in [0.1, 0.15) is 13.8 Å². The van der Waals surface area contributed by atoms with E-state index in [1.807, 2.05) is 6.92 Å². The lowest BCUT2D eigenvalue weighted by Gasteiger charge is -1.98. The molecule has 0 amide bonds. The van der Waals surface area contributed by atoms with Crippen LogP contribution in [0.15, 0.2) is 17.9 Å². The van der Waals surface area contributed by atoms with Crippen molar-refractivity contribution < 1.29 is 9.53 Å². The summed E-state index contributed by atoms with van der Waals surface area (Å²) in [6.07, 6.45) is 2.86. The third-order valence-corrected chi connectivity index (χ3v) is 0.758. The summed E-state index contributed by atoms with van der Waals surface area (Å²) >= 11 is 0. The fourth-order valence-corrected chi connectivity index (χ4v) is 0.427. The van der Waals surface area contributed by atoms with E-state index < -0.39 is 0 Å². The van der Waals surface area contributed by atoms with Crippen molar-refractivity contribution in [2.24, 2.45) is 0 Å². The van der Waals surface area contributed by atoms with Crippen LogP contribution in [-0.2, 0) is 9.53 Å². The highest BCUT2D eigenvalue weighted by Gasteiger charge is 1.80. The fourth-order valence-electron chi connectivity index (χ4n) is 0.427. The number of hydrogen-bond donors (Lipinski definition) is 0. The van der Waals surface area contributed by atoms with Crippen LogP contribution in [0, 0.1) is 0 Å². The topological polar surface area (TPSA) is 26.3 Å². The van der Waals surface area contributed by atoms with Gasteiger partial charge in [0.05, 0.1) is 12.4 Å². The lowest BCUT2D eigenvalue weighted by atomic mass is 10.5. The molecule has 2 heteroatoms. The zero-order valence-electron chi connectivity index (χ0n) is 5.68. The van der Waals surface area contributed by atoms with E-state index in [4.69, 9.17) is 4.74 Å². The van der Waals surface area contributed by atoms with Gasteiger partial charge >= 0.3 is 0 Å². The molecule has 0 N–H and O–H groups in total. The minimum absolute atomic E-state index is 0.634. The SMILES string of the molecule is CCO/C(C)=C/C=C=O. The number of rotatable bonds is 3. The second kappa shape index (κ2) is 5.13. The first-order chi connectivity index (χ1) is 4.31. The van der Waals surface area contributed by atoms with E-state index in [0.717, 1.165) is 5.76 Å². The Kier molecular flexibility index (Phi) is 4.56. The van der Waals surface area contributed by atoms with Gasteiger partial charge in [-0.15, -0.1) is 0 Å². The summed E-state index contributed by atoms with van der Waals surface area (Å²) in [5, 5.41) is 0. The molecule has 0 bridgehead atoms. The Balaban J connectivity index is 3.68. The molecular formula is C7H10O2. The largest absolute Gasteiger partial charge is 0.499 e. The van der Waals surface area contributed by atoms with E-state index in [1.165, 1.54) is 6.08 Å². The molecule has 0 aromatic carbocycles. The van der Waals surface area contributed by atoms with Gasteiger partial charge < -0.3 is 4.74 Å². The quantitative estimate of drug-likeness (QED) is 0.324. The van der Waals surface area contributed by atoms with Gasteiger partial charge in [0.2, 0.25) is 0 Å². The van der Waals surface area contributed by atoms with Gasteiger partial charge in [-0.1, -0.05) is 0 Å². The van der Waals surface area contributed by atoms with Crippen LogP contribution < -0.4 is 0 Å². The van der Waals surface area contributed by atoms with Crippen molar-refractivity contribution in [2.45, 2.75) is 13.8 Å². The van der Waals surface area contributed by atoms with Gasteiger partial charge in [-0.25, -0.2) is 4.79 Å². The van der Waals surface area contributed by atoms with Gasteiger partial charge in [-0.2, -0.15) is 0 Å². The lowest BCUT2D eigenvalue weighted by Crippen LogP contribution is -1.84. The minimum Gasteiger partial charge on any atom is -0.499 e. The molecule has 50 valence electrons. The smallest absolute Gasteiger partial charge is 0.124 e. The molecule has 0 fully saturated rings. The van der Waals surface area contributed by atoms with E-state index >= 15 is 0 Å². The molecule has 0 saturated carbocycles. The number of hydrogen-bond acceptors (Lipinski definition) is 2. The summed E-state index contributed by atoms with van der Waals surface area (Å²) in [5.41, 5.74) is 0. The molecule has 0 aromatic rings. The Labute approximate surface area is 54.8 Å². The van der Waals surface area contributed by atoms with Crippen molar-refractivity contribution in [3.63, 3.8) is 0 Å². The predicted octanol–water partition coefficient (Wildman–Crippen LogP) is 1.31. The molecule has 0 radical (unpaired) electrons. The maximum atomic E-state index is 9.63. The third-order valence-electron chi connectivity index (χ3n) is 0.758. The first-order valence-corrected chi connectivity index (χ1v) is 2.81. The summed E-state index contributed by atoms with van der Waals surface area (Å²) in [7, 11) is 0. The van der Waals surface area contributed by atoms with E-state index in [1.54, 1.807) is 18.9 Å². The monoisotopic (exact) mass is 126 g/mol. The van der Waals surface area contributed by atoms with Gasteiger partial charge in [0.25, 0.3) is 0 Å². The second-order valence-corrected chi connectivity index (χ2v) is 1.49. The van der Waals surface area contributed by atoms with E-state index in [0.29, 0.717) is 6.61 Å². The highest BCUT2D eigenvalue weighted by atomic mass is 16.5. The van der Waals surface area contributed by atoms with Crippen LogP contribution >= 0.6 is 0 Å². The van der Waals surface area contributed by atoms with Gasteiger partial charge in [-0.05, 0) is 19.9 Å². The van der Waals surface area contributed by atoms with E-state index in [-0.39, 0.29) is 0 Å². The van der Waals surface area contributed by atoms with Crippen molar-refractivity contribution in [2.75, 3.05) is 6.61 Å². The first kappa shape index (κ1) is 7.99. The number of carbonyl (C=O) groups excluding carboxylic acids is 1. The summed E-state index contributed by atoms with van der Waals surface area (Å²) in [6, 6.07) is 0. The van der Waals surface area contributed by atoms with Crippen LogP contribution in [-0.4, -0.2) is 12.5 Å². The highest BCUT2D eigenvalue weighted by molar-refractivity contribution is 5.48. The first-order valence-electron chi connectivity index (χ1n) is 2.81. The van der Waals surface area contributed by atoms with Crippen molar-refractivity contribution in [1.82, 2.24) is 0 Å². The fraction of sp³-hybridized carbons (Fsp3) is 0.429. The summed E-state index contributed by atoms with van der Waals surface area (Å²) in [5.74, 6) is 2.36. The molecule has 0 heterocycles. The molecule has 0 rings (SSSR count). The summed E-state index contributed by atoms with van der Waals surface area (Å²) in [4.78, 5) is 9.63. The molecule has 0 atom stereocenters. The summed E-state index contributed by atoms with van der Waals surface area (Å²) < 4.78 is 4.99. The number of allylic oxidation sites excluding steroid dienone is 3. The third kappa shape index (κ3) is 4.85. The van der Waals surface area contributed by atoms with Crippen LogP contribution in [0.4, 0.5) is 0 Å². The van der Waals surface area contributed by atoms with E-state index in [9.17, 15) is 4.79 Å². The van der Waals surface area contributed by atoms with E-state index in [2.05, 4.69) is 0 Å². The van der Waals surface area contributed by atoms with Crippen LogP contribution in [0.5, 0.6) is 0 Å². The molecule has 0 spiro atoms. The normalized spacial score (nSPS) is 10.2. The molecule has 0 aliphatic carbocycles. The number of ether oxygens (including phenoxy) is 1. The zero-order valence-corrected chi connectivity index (χ0v) is 5.68. The standard InChI is InChI=1S/C7H10O2/c1-3-9-7(2)5-4-6-8/h4-5H,3H2,1-2H3/b7-5+. The molecule has 0 saturated heterocycles. The predicted molar refractivity (Wildman–Crippen MR) is 35.6 cm³/mol. The van der Waals surface area contributed by atoms with Crippen LogP contribution in [0.3, 0.4) is 0 Å². The Morgan fingerprint density at radius 3 is 2.89 bits per heavy atom. The zero-order chi connectivity index (χ0) is 7.11. The molecule has 0 aliphatic heterocycles. The second-order valence-electron chi connectivity index (χ2n) is 1.49. The van der Waals surface area contributed by atoms with Crippen molar-refractivity contribution >= 4 is 5.94 Å². The van der Waals surface area contributed by atoms with Crippen LogP contribution in [0.2, 0.25) is 0 Å². The molecule has 0 aliphatic rings. The Morgan fingerprint density at radius 2 is 2.44 bits per heavy atom. The lowest BCUT2D eigenvalue weighted by molar-refractivity contribution is 0.231. The maximum absolute atomic E-state index is 9.63. The molecular weight excluding hydrogens is 116 g/mol. The molecule has 2 nitrogen and oxygen atoms in total. The average Bonchev–Trinajstić information content (AvgIpc) is 1.85. The Hall–Kier alpha value is -1.01. The molecule has 0 unspecified atom stereocenters. The average molecular weight is 126 g/mol.